The van der Waals surface area contributed by atoms with Crippen LogP contribution in [-0.4, -0.2) is 71.6 Å². The highest BCUT2D eigenvalue weighted by molar-refractivity contribution is 9.11. The van der Waals surface area contributed by atoms with Crippen molar-refractivity contribution in [2.75, 3.05) is 41.6 Å². The number of rotatable bonds is 17. The Morgan fingerprint density at radius 3 is 1.25 bits per heavy atom. The Bertz CT molecular complexity index is 4550. The molecule has 3 N–H and O–H groups in total. The van der Waals surface area contributed by atoms with Crippen molar-refractivity contribution >= 4 is 170 Å². The van der Waals surface area contributed by atoms with Gasteiger partial charge in [0.2, 0.25) is 12.0 Å². The highest BCUT2D eigenvalue weighted by Gasteiger charge is 2.51. The number of isocyanates is 1. The van der Waals surface area contributed by atoms with Gasteiger partial charge in [-0.2, -0.15) is 4.99 Å². The minimum absolute atomic E-state index is 0.0949. The molecule has 1 unspecified atom stereocenters. The van der Waals surface area contributed by atoms with Crippen molar-refractivity contribution in [3.8, 4) is 0 Å². The van der Waals surface area contributed by atoms with E-state index in [1.54, 1.807) is 31.0 Å². The van der Waals surface area contributed by atoms with E-state index >= 15 is 0 Å². The van der Waals surface area contributed by atoms with Gasteiger partial charge < -0.3 is 10.8 Å². The van der Waals surface area contributed by atoms with Gasteiger partial charge in [0.15, 0.2) is 23.1 Å². The summed E-state index contributed by atoms with van der Waals surface area (Å²) in [5.41, 5.74) is 17.2. The number of nitrogens with two attached hydrogens (primary N) is 1. The standard InChI is InChI=1S/C24H22Br2N2O2.C18H19BrO.C11H13BrO.C11H14O.C9H11Br.C7H4BrNO.C6H6BrN.C4H9NO2/c1-16(2)17-4-3-5-18(14-17)24(30)15-27(21-10-6-19(25)7-11-21)23(29)28(24)22-12-8-20(26)9-13-22;1-13(2)15-4-3-5-16(12-15)18(20)11-8-14-6-9-17(19)10-7-14;1-8(2)9-4-3-5-10(6-9)11(13)7-12;1-8(2)10-5-4-6-11(7-10)9(3)12;1-7(2)8-4-3-5-9(10)6-8;8-6-1-3-7(4-2-6)9-5-10;7-5-1-3-6(8)4-2-5;1-4(6)5(2)7-3/h3-14,16,30H,15H2,1-2H3;3-7,9-10,12-13H,8,11H2,1-2H3;3-6,8H,7H2,1-2H3;4-8H,1-3H3;3-7H,1-2H3;1-4H;1-4H,8H2;1-3H3. The molecule has 0 saturated carbocycles. The molecule has 0 bridgehead atoms. The van der Waals surface area contributed by atoms with Crippen LogP contribution in [0.5, 0.6) is 0 Å². The number of alkyl halides is 1. The van der Waals surface area contributed by atoms with Crippen molar-refractivity contribution < 1.29 is 38.7 Å². The Kier molecular flexibility index (Phi) is 42.2. The van der Waals surface area contributed by atoms with Crippen molar-refractivity contribution in [3.05, 3.63) is 325 Å². The zero-order chi connectivity index (χ0) is 81.8. The molecule has 1 aliphatic rings. The molecule has 10 aromatic rings. The van der Waals surface area contributed by atoms with Gasteiger partial charge in [0.25, 0.3) is 0 Å². The molecule has 10 aromatic carbocycles. The third-order valence-electron chi connectivity index (χ3n) is 16.9. The van der Waals surface area contributed by atoms with Crippen molar-refractivity contribution in [1.29, 1.82) is 0 Å². The molecule has 580 valence electrons. The molecular formula is C90H98Br7N5O8. The third-order valence-corrected chi connectivity index (χ3v) is 20.5. The number of aryl methyl sites for hydroxylation is 1. The van der Waals surface area contributed by atoms with Gasteiger partial charge in [0.1, 0.15) is 0 Å². The largest absolute Gasteiger partial charge is 0.399 e. The van der Waals surface area contributed by atoms with Gasteiger partial charge in [0, 0.05) is 86.5 Å². The summed E-state index contributed by atoms with van der Waals surface area (Å²) in [5, 5.41) is 13.5. The SMILES string of the molecule is CC(=O)c1cccc(C(C)C)c1.CC(C)c1cccc(Br)c1.CC(C)c1cccc(C(=O)CBr)c1.CC(C)c1cccc(C(=O)CCc2ccc(Br)cc2)c1.CC(C)c1cccc(C2(O)CN(c3ccc(Br)cc3)C(=O)N2c2ccc(Br)cc2)c1.CON(C)C(C)=O.Nc1ccc(Br)cc1.O=C=Nc1ccc(Br)cc1. The first-order valence-corrected chi connectivity index (χ1v) is 41.5. The van der Waals surface area contributed by atoms with Gasteiger partial charge in [0.05, 0.1) is 24.7 Å². The summed E-state index contributed by atoms with van der Waals surface area (Å²) in [5.74, 6) is 2.76. The lowest BCUT2D eigenvalue weighted by Crippen LogP contribution is -2.45. The highest BCUT2D eigenvalue weighted by Crippen LogP contribution is 2.41. The third kappa shape index (κ3) is 33.0. The number of halogens is 7. The average molecular weight is 1940 g/mol. The van der Waals surface area contributed by atoms with E-state index in [0.29, 0.717) is 58.3 Å². The Balaban J connectivity index is 0.000000280. The molecule has 110 heavy (non-hydrogen) atoms. The number of Topliss-reactive ketones (excluding diaryl/α,β-unsaturated/α-hetero) is 3. The van der Waals surface area contributed by atoms with Gasteiger partial charge in [-0.25, -0.2) is 14.7 Å². The van der Waals surface area contributed by atoms with Gasteiger partial charge >= 0.3 is 6.03 Å². The smallest absolute Gasteiger partial charge is 0.331 e. The van der Waals surface area contributed by atoms with Crippen LogP contribution in [0.25, 0.3) is 0 Å². The van der Waals surface area contributed by atoms with Crippen LogP contribution in [0, 0.1) is 0 Å². The highest BCUT2D eigenvalue weighted by atomic mass is 79.9. The summed E-state index contributed by atoms with van der Waals surface area (Å²) in [6, 6.07) is 77.3. The number of ketones is 3. The number of hydrogen-bond donors (Lipinski definition) is 2. The number of anilines is 3. The fourth-order valence-corrected chi connectivity index (χ4v) is 12.2. The second-order valence-corrected chi connectivity index (χ2v) is 33.0. The maximum Gasteiger partial charge on any atom is 0.331 e. The van der Waals surface area contributed by atoms with Gasteiger partial charge in [-0.1, -0.05) is 284 Å². The summed E-state index contributed by atoms with van der Waals surface area (Å²) in [4.78, 5) is 79.1. The Morgan fingerprint density at radius 2 is 0.873 bits per heavy atom. The lowest BCUT2D eigenvalue weighted by molar-refractivity contribution is -0.165. The van der Waals surface area contributed by atoms with Gasteiger partial charge in [-0.3, -0.25) is 33.8 Å². The second-order valence-electron chi connectivity index (χ2n) is 26.9. The Labute approximate surface area is 709 Å². The average Bonchev–Trinajstić information content (AvgIpc) is 1.58. The molecule has 0 aromatic heterocycles. The number of nitrogens with zero attached hydrogens (tertiary/aromatic N) is 4. The van der Waals surface area contributed by atoms with Crippen molar-refractivity contribution in [2.24, 2.45) is 4.99 Å². The molecule has 13 nitrogen and oxygen atoms in total. The molecule has 1 heterocycles. The number of nitrogen functional groups attached to an aromatic ring is 1. The predicted octanol–water partition coefficient (Wildman–Crippen LogP) is 26.5. The molecule has 1 atom stereocenters. The molecule has 1 saturated heterocycles. The summed E-state index contributed by atoms with van der Waals surface area (Å²) >= 11 is 23.4. The van der Waals surface area contributed by atoms with Crippen LogP contribution in [0.2, 0.25) is 0 Å². The van der Waals surface area contributed by atoms with Gasteiger partial charge in [-0.05, 0) is 216 Å². The lowest BCUT2D eigenvalue weighted by Gasteiger charge is -2.32. The molecular weight excluding hydrogens is 1840 g/mol. The molecule has 20 heteroatoms. The molecule has 3 amide bonds. The number of hydroxylamine groups is 2. The number of benzene rings is 10. The van der Waals surface area contributed by atoms with E-state index in [0.717, 1.165) is 67.5 Å². The topological polar surface area (TPSA) is 180 Å². The number of β-amino-alcohol motifs (C(OH)–C–C–N with tert-alkyl or cyclic N) is 1. The normalized spacial score (nSPS) is 12.4. The number of carbonyl (C=O) groups excluding carboxylic acids is 6. The molecule has 1 fully saturated rings. The molecule has 0 spiro atoms. The fourth-order valence-electron chi connectivity index (χ4n) is 10.2. The number of aliphatic hydroxyl groups is 1. The minimum Gasteiger partial charge on any atom is -0.399 e. The fraction of sp³-hybridized carbons (Fsp3) is 0.267. The number of aliphatic imine (C=N–C) groups is 1. The summed E-state index contributed by atoms with van der Waals surface area (Å²) in [6.45, 7) is 24.6. The molecule has 0 radical (unpaired) electrons. The zero-order valence-electron chi connectivity index (χ0n) is 64.6. The van der Waals surface area contributed by atoms with E-state index in [4.69, 9.17) is 5.73 Å². The predicted molar refractivity (Wildman–Crippen MR) is 479 cm³/mol. The maximum atomic E-state index is 13.6. The Hall–Kier alpha value is -7.59. The zero-order valence-corrected chi connectivity index (χ0v) is 75.7. The van der Waals surface area contributed by atoms with E-state index < -0.39 is 5.72 Å². The van der Waals surface area contributed by atoms with E-state index in [1.807, 2.05) is 182 Å². The molecule has 11 rings (SSSR count). The van der Waals surface area contributed by atoms with Gasteiger partial charge in [-0.15, -0.1) is 0 Å². The minimum atomic E-state index is -1.50. The van der Waals surface area contributed by atoms with E-state index in [2.05, 4.69) is 239 Å². The van der Waals surface area contributed by atoms with Crippen molar-refractivity contribution in [3.63, 3.8) is 0 Å². The maximum absolute atomic E-state index is 13.6. The monoisotopic (exact) mass is 1930 g/mol. The Morgan fingerprint density at radius 1 is 0.500 bits per heavy atom. The first kappa shape index (κ1) is 94.8. The molecule has 0 aliphatic carbocycles. The van der Waals surface area contributed by atoms with Crippen LogP contribution < -0.4 is 15.5 Å². The number of carbonyl (C=O) groups is 5. The summed E-state index contributed by atoms with van der Waals surface area (Å²) in [6.07, 6.45) is 2.81. The van der Waals surface area contributed by atoms with Crippen LogP contribution in [0.1, 0.15) is 189 Å². The number of hydrogen-bond acceptors (Lipinski definition) is 10. The van der Waals surface area contributed by atoms with Crippen LogP contribution in [0.4, 0.5) is 27.5 Å². The number of amides is 3. The van der Waals surface area contributed by atoms with E-state index in [9.17, 15) is 33.9 Å². The lowest BCUT2D eigenvalue weighted by atomic mass is 9.95. The summed E-state index contributed by atoms with van der Waals surface area (Å²) in [7, 11) is 3.00. The first-order valence-electron chi connectivity index (χ1n) is 35.6. The molecule has 1 aliphatic heterocycles. The van der Waals surface area contributed by atoms with Crippen molar-refractivity contribution in [2.45, 2.75) is 131 Å². The summed E-state index contributed by atoms with van der Waals surface area (Å²) < 4.78 is 6.11. The van der Waals surface area contributed by atoms with Crippen LogP contribution in [0.15, 0.2) is 274 Å². The second kappa shape index (κ2) is 49.0. The van der Waals surface area contributed by atoms with Crippen LogP contribution >= 0.6 is 112 Å². The van der Waals surface area contributed by atoms with Crippen molar-refractivity contribution in [1.82, 2.24) is 5.06 Å². The van der Waals surface area contributed by atoms with Crippen LogP contribution in [0.3, 0.4) is 0 Å². The van der Waals surface area contributed by atoms with Crippen LogP contribution in [-0.2, 0) is 26.6 Å². The first-order chi connectivity index (χ1) is 52.1. The van der Waals surface area contributed by atoms with E-state index in [-0.39, 0.29) is 35.8 Å². The van der Waals surface area contributed by atoms with E-state index in [1.165, 1.54) is 57.3 Å². The number of urea groups is 1. The quantitative estimate of drug-likeness (QED) is 0.0224.